The lowest BCUT2D eigenvalue weighted by Gasteiger charge is -2.34. The van der Waals surface area contributed by atoms with Gasteiger partial charge in [0.15, 0.2) is 0 Å². The van der Waals surface area contributed by atoms with Crippen LogP contribution in [0.2, 0.25) is 5.02 Å². The fraction of sp³-hybridized carbons (Fsp3) is 0.240. The van der Waals surface area contributed by atoms with Crippen molar-refractivity contribution < 1.29 is 4.79 Å². The SMILES string of the molecule is O=C1NCc2c(Cl)ccc(-c3cc4cc(CN5CCN(c6ncccn6)CC5)ccc4[nH]3)c21. The Hall–Kier alpha value is -3.42. The number of piperazine rings is 1. The van der Waals surface area contributed by atoms with Crippen LogP contribution in [-0.2, 0) is 13.1 Å². The Balaban J connectivity index is 1.20. The predicted molar refractivity (Wildman–Crippen MR) is 129 cm³/mol. The van der Waals surface area contributed by atoms with Crippen molar-refractivity contribution in [2.24, 2.45) is 0 Å². The summed E-state index contributed by atoms with van der Waals surface area (Å²) in [6.07, 6.45) is 3.58. The second kappa shape index (κ2) is 8.17. The van der Waals surface area contributed by atoms with E-state index in [2.05, 4.69) is 54.3 Å². The minimum Gasteiger partial charge on any atom is -0.355 e. The highest BCUT2D eigenvalue weighted by molar-refractivity contribution is 6.32. The number of carbonyl (C=O) groups is 1. The molecule has 0 saturated carbocycles. The van der Waals surface area contributed by atoms with Crippen molar-refractivity contribution in [1.29, 1.82) is 0 Å². The van der Waals surface area contributed by atoms with E-state index in [9.17, 15) is 4.79 Å². The number of hydrogen-bond donors (Lipinski definition) is 2. The van der Waals surface area contributed by atoms with Gasteiger partial charge in [-0.1, -0.05) is 23.7 Å². The molecule has 0 atom stereocenters. The topological polar surface area (TPSA) is 77.2 Å². The number of hydrogen-bond acceptors (Lipinski definition) is 5. The van der Waals surface area contributed by atoms with E-state index in [0.29, 0.717) is 17.1 Å². The molecule has 1 fully saturated rings. The van der Waals surface area contributed by atoms with E-state index in [0.717, 1.165) is 66.4 Å². The van der Waals surface area contributed by atoms with Crippen molar-refractivity contribution in [1.82, 2.24) is 25.2 Å². The van der Waals surface area contributed by atoms with Gasteiger partial charge in [0, 0.05) is 84.4 Å². The average Bonchev–Trinajstić information content (AvgIpc) is 3.45. The highest BCUT2D eigenvalue weighted by Crippen LogP contribution is 2.34. The predicted octanol–water partition coefficient (Wildman–Crippen LogP) is 3.84. The van der Waals surface area contributed by atoms with Crippen LogP contribution in [0.4, 0.5) is 5.95 Å². The van der Waals surface area contributed by atoms with Gasteiger partial charge >= 0.3 is 0 Å². The van der Waals surface area contributed by atoms with E-state index in [1.807, 2.05) is 18.2 Å². The number of amides is 1. The zero-order valence-electron chi connectivity index (χ0n) is 18.0. The second-order valence-corrected chi connectivity index (χ2v) is 8.95. The summed E-state index contributed by atoms with van der Waals surface area (Å²) in [6.45, 7) is 5.17. The molecule has 0 radical (unpaired) electrons. The summed E-state index contributed by atoms with van der Waals surface area (Å²) in [5.41, 5.74) is 5.71. The first kappa shape index (κ1) is 20.2. The lowest BCUT2D eigenvalue weighted by atomic mass is 10.0. The van der Waals surface area contributed by atoms with Crippen molar-refractivity contribution in [3.63, 3.8) is 0 Å². The van der Waals surface area contributed by atoms with Crippen molar-refractivity contribution in [3.8, 4) is 11.3 Å². The van der Waals surface area contributed by atoms with Crippen molar-refractivity contribution in [2.75, 3.05) is 31.1 Å². The Morgan fingerprint density at radius 1 is 1.00 bits per heavy atom. The van der Waals surface area contributed by atoms with E-state index in [1.54, 1.807) is 12.4 Å². The normalized spacial score (nSPS) is 16.3. The van der Waals surface area contributed by atoms with E-state index in [4.69, 9.17) is 11.6 Å². The molecule has 2 aromatic carbocycles. The van der Waals surface area contributed by atoms with Crippen LogP contribution in [0.5, 0.6) is 0 Å². The molecular formula is C25H23ClN6O. The maximum absolute atomic E-state index is 12.4. The summed E-state index contributed by atoms with van der Waals surface area (Å²) in [4.78, 5) is 29.3. The Bertz CT molecular complexity index is 1340. The molecular weight excluding hydrogens is 436 g/mol. The van der Waals surface area contributed by atoms with Crippen molar-refractivity contribution >= 4 is 34.4 Å². The fourth-order valence-electron chi connectivity index (χ4n) is 4.78. The monoisotopic (exact) mass is 458 g/mol. The zero-order valence-corrected chi connectivity index (χ0v) is 18.8. The summed E-state index contributed by atoms with van der Waals surface area (Å²) < 4.78 is 0. The van der Waals surface area contributed by atoms with E-state index < -0.39 is 0 Å². The molecule has 33 heavy (non-hydrogen) atoms. The van der Waals surface area contributed by atoms with Gasteiger partial charge in [-0.2, -0.15) is 0 Å². The number of aromatic amines is 1. The van der Waals surface area contributed by atoms with Crippen LogP contribution in [0.3, 0.4) is 0 Å². The molecule has 1 saturated heterocycles. The number of carbonyl (C=O) groups excluding carboxylic acids is 1. The molecule has 4 aromatic rings. The van der Waals surface area contributed by atoms with Gasteiger partial charge in [-0.15, -0.1) is 0 Å². The van der Waals surface area contributed by atoms with Crippen LogP contribution < -0.4 is 10.2 Å². The van der Waals surface area contributed by atoms with Gasteiger partial charge in [0.25, 0.3) is 5.91 Å². The van der Waals surface area contributed by atoms with Crippen LogP contribution in [0.25, 0.3) is 22.2 Å². The van der Waals surface area contributed by atoms with Crippen molar-refractivity contribution in [2.45, 2.75) is 13.1 Å². The summed E-state index contributed by atoms with van der Waals surface area (Å²) in [7, 11) is 0. The summed E-state index contributed by atoms with van der Waals surface area (Å²) in [5.74, 6) is 0.739. The molecule has 2 aromatic heterocycles. The quantitative estimate of drug-likeness (QED) is 0.486. The maximum atomic E-state index is 12.4. The number of nitrogens with one attached hydrogen (secondary N) is 2. The summed E-state index contributed by atoms with van der Waals surface area (Å²) >= 11 is 6.31. The molecule has 4 heterocycles. The Labute approximate surface area is 196 Å². The van der Waals surface area contributed by atoms with Crippen LogP contribution in [0, 0.1) is 0 Å². The van der Waals surface area contributed by atoms with Crippen LogP contribution in [0.15, 0.2) is 54.9 Å². The first-order valence-electron chi connectivity index (χ1n) is 11.1. The van der Waals surface area contributed by atoms with Crippen LogP contribution in [-0.4, -0.2) is 51.9 Å². The zero-order chi connectivity index (χ0) is 22.4. The molecule has 166 valence electrons. The molecule has 0 bridgehead atoms. The van der Waals surface area contributed by atoms with Gasteiger partial charge in [0.2, 0.25) is 5.95 Å². The second-order valence-electron chi connectivity index (χ2n) is 8.55. The van der Waals surface area contributed by atoms with Crippen molar-refractivity contribution in [3.05, 3.63) is 76.6 Å². The molecule has 1 amide bonds. The van der Waals surface area contributed by atoms with E-state index in [-0.39, 0.29) is 5.91 Å². The Morgan fingerprint density at radius 3 is 2.64 bits per heavy atom. The van der Waals surface area contributed by atoms with Gasteiger partial charge in [-0.3, -0.25) is 9.69 Å². The average molecular weight is 459 g/mol. The maximum Gasteiger partial charge on any atom is 0.252 e. The largest absolute Gasteiger partial charge is 0.355 e. The third-order valence-corrected chi connectivity index (χ3v) is 6.85. The molecule has 2 N–H and O–H groups in total. The molecule has 0 aliphatic carbocycles. The molecule has 2 aliphatic rings. The van der Waals surface area contributed by atoms with Crippen LogP contribution in [0.1, 0.15) is 21.5 Å². The van der Waals surface area contributed by atoms with Gasteiger partial charge in [0.05, 0.1) is 5.56 Å². The molecule has 6 rings (SSSR count). The third-order valence-electron chi connectivity index (χ3n) is 6.50. The standard InChI is InChI=1S/C25H23ClN6O/c26-20-4-3-18(23-19(20)14-29-24(23)33)22-13-17-12-16(2-5-21(17)30-22)15-31-8-10-32(11-9-31)25-27-6-1-7-28-25/h1-7,12-13,30H,8-11,14-15H2,(H,29,33). The smallest absolute Gasteiger partial charge is 0.252 e. The number of fused-ring (bicyclic) bond motifs is 2. The lowest BCUT2D eigenvalue weighted by Crippen LogP contribution is -2.46. The van der Waals surface area contributed by atoms with Gasteiger partial charge in [-0.05, 0) is 35.9 Å². The molecule has 7 nitrogen and oxygen atoms in total. The number of rotatable bonds is 4. The van der Waals surface area contributed by atoms with Gasteiger partial charge < -0.3 is 15.2 Å². The Morgan fingerprint density at radius 2 is 1.82 bits per heavy atom. The molecule has 0 unspecified atom stereocenters. The van der Waals surface area contributed by atoms with Crippen LogP contribution >= 0.6 is 11.6 Å². The lowest BCUT2D eigenvalue weighted by molar-refractivity contribution is 0.0966. The van der Waals surface area contributed by atoms with E-state index >= 15 is 0 Å². The van der Waals surface area contributed by atoms with E-state index in [1.165, 1.54) is 5.56 Å². The minimum absolute atomic E-state index is 0.0677. The molecule has 2 aliphatic heterocycles. The fourth-order valence-corrected chi connectivity index (χ4v) is 5.00. The number of H-pyrrole nitrogens is 1. The Kier molecular flexibility index (Phi) is 5.00. The number of benzene rings is 2. The number of anilines is 1. The van der Waals surface area contributed by atoms with Gasteiger partial charge in [0.1, 0.15) is 0 Å². The van der Waals surface area contributed by atoms with Gasteiger partial charge in [-0.25, -0.2) is 9.97 Å². The number of halogens is 1. The summed E-state index contributed by atoms with van der Waals surface area (Å²) in [6, 6.07) is 14.3. The first-order chi connectivity index (χ1) is 16.2. The number of aromatic nitrogens is 3. The third kappa shape index (κ3) is 3.73. The highest BCUT2D eigenvalue weighted by atomic mass is 35.5. The number of nitrogens with zero attached hydrogens (tertiary/aromatic N) is 4. The minimum atomic E-state index is -0.0677. The molecule has 0 spiro atoms. The highest BCUT2D eigenvalue weighted by Gasteiger charge is 2.26. The first-order valence-corrected chi connectivity index (χ1v) is 11.5. The molecule has 8 heteroatoms. The summed E-state index contributed by atoms with van der Waals surface area (Å²) in [5, 5.41) is 4.65.